The van der Waals surface area contributed by atoms with Crippen molar-refractivity contribution in [2.75, 3.05) is 0 Å². The zero-order valence-corrected chi connectivity index (χ0v) is 9.22. The minimum atomic E-state index is 0.599. The van der Waals surface area contributed by atoms with Crippen molar-refractivity contribution in [1.29, 1.82) is 0 Å². The standard InChI is InChI=1S/C12H24O/c1-3-5-7-11-9-10-12(13-11)8-6-4-2/h11-12H,3-10H2,1-2H3. The monoisotopic (exact) mass is 184 g/mol. The first-order chi connectivity index (χ1) is 6.36. The first kappa shape index (κ1) is 11.0. The molecule has 1 heterocycles. The van der Waals surface area contributed by atoms with E-state index in [4.69, 9.17) is 4.74 Å². The number of ether oxygens (including phenoxy) is 1. The van der Waals surface area contributed by atoms with E-state index < -0.39 is 0 Å². The summed E-state index contributed by atoms with van der Waals surface area (Å²) >= 11 is 0. The maximum absolute atomic E-state index is 5.97. The molecule has 0 radical (unpaired) electrons. The van der Waals surface area contributed by atoms with Gasteiger partial charge in [-0.15, -0.1) is 0 Å². The second-order valence-corrected chi connectivity index (χ2v) is 4.24. The molecule has 0 bridgehead atoms. The van der Waals surface area contributed by atoms with E-state index in [9.17, 15) is 0 Å². The number of hydrogen-bond acceptors (Lipinski definition) is 1. The smallest absolute Gasteiger partial charge is 0.0579 e. The molecule has 1 rings (SSSR count). The second kappa shape index (κ2) is 6.42. The molecule has 0 aromatic carbocycles. The summed E-state index contributed by atoms with van der Waals surface area (Å²) in [4.78, 5) is 0. The van der Waals surface area contributed by atoms with Gasteiger partial charge in [-0.1, -0.05) is 39.5 Å². The highest BCUT2D eigenvalue weighted by molar-refractivity contribution is 4.73. The lowest BCUT2D eigenvalue weighted by molar-refractivity contribution is 0.0340. The highest BCUT2D eigenvalue weighted by Crippen LogP contribution is 2.26. The van der Waals surface area contributed by atoms with E-state index in [1.54, 1.807) is 0 Å². The van der Waals surface area contributed by atoms with E-state index >= 15 is 0 Å². The van der Waals surface area contributed by atoms with Crippen LogP contribution in [-0.4, -0.2) is 12.2 Å². The van der Waals surface area contributed by atoms with E-state index in [1.165, 1.54) is 51.4 Å². The molecule has 1 aliphatic rings. The minimum Gasteiger partial charge on any atom is -0.375 e. The van der Waals surface area contributed by atoms with Gasteiger partial charge in [0.15, 0.2) is 0 Å². The van der Waals surface area contributed by atoms with Crippen LogP contribution >= 0.6 is 0 Å². The van der Waals surface area contributed by atoms with Crippen LogP contribution in [0.1, 0.15) is 65.2 Å². The third-order valence-electron chi connectivity index (χ3n) is 2.95. The van der Waals surface area contributed by atoms with Gasteiger partial charge in [0.05, 0.1) is 12.2 Å². The molecule has 2 unspecified atom stereocenters. The van der Waals surface area contributed by atoms with Crippen LogP contribution < -0.4 is 0 Å². The molecule has 0 aliphatic carbocycles. The van der Waals surface area contributed by atoms with Crippen LogP contribution in [0, 0.1) is 0 Å². The maximum Gasteiger partial charge on any atom is 0.0579 e. The predicted molar refractivity (Wildman–Crippen MR) is 56.9 cm³/mol. The zero-order valence-electron chi connectivity index (χ0n) is 9.22. The van der Waals surface area contributed by atoms with Gasteiger partial charge in [-0.25, -0.2) is 0 Å². The molecule has 1 heteroatoms. The third kappa shape index (κ3) is 4.12. The quantitative estimate of drug-likeness (QED) is 0.608. The highest BCUT2D eigenvalue weighted by Gasteiger charge is 2.23. The molecule has 1 fully saturated rings. The molecule has 1 aliphatic heterocycles. The van der Waals surface area contributed by atoms with Crippen LogP contribution in [0.25, 0.3) is 0 Å². The molecule has 0 aromatic rings. The number of hydrogen-bond donors (Lipinski definition) is 0. The molecule has 0 saturated carbocycles. The Morgan fingerprint density at radius 3 is 1.77 bits per heavy atom. The largest absolute Gasteiger partial charge is 0.375 e. The summed E-state index contributed by atoms with van der Waals surface area (Å²) in [7, 11) is 0. The summed E-state index contributed by atoms with van der Waals surface area (Å²) in [6.45, 7) is 4.51. The molecule has 0 amide bonds. The molecular weight excluding hydrogens is 160 g/mol. The minimum absolute atomic E-state index is 0.599. The normalized spacial score (nSPS) is 28.2. The Balaban J connectivity index is 2.05. The predicted octanol–water partition coefficient (Wildman–Crippen LogP) is 3.91. The van der Waals surface area contributed by atoms with Crippen molar-refractivity contribution < 1.29 is 4.74 Å². The average molecular weight is 184 g/mol. The summed E-state index contributed by atoms with van der Waals surface area (Å²) < 4.78 is 5.97. The lowest BCUT2D eigenvalue weighted by Crippen LogP contribution is -2.10. The fraction of sp³-hybridized carbons (Fsp3) is 1.00. The summed E-state index contributed by atoms with van der Waals surface area (Å²) in [6, 6.07) is 0. The fourth-order valence-electron chi connectivity index (χ4n) is 2.07. The molecule has 13 heavy (non-hydrogen) atoms. The number of unbranched alkanes of at least 4 members (excludes halogenated alkanes) is 2. The van der Waals surface area contributed by atoms with Gasteiger partial charge in [-0.2, -0.15) is 0 Å². The summed E-state index contributed by atoms with van der Waals surface area (Å²) in [5, 5.41) is 0. The van der Waals surface area contributed by atoms with Crippen LogP contribution in [0.3, 0.4) is 0 Å². The van der Waals surface area contributed by atoms with Crippen LogP contribution in [0.4, 0.5) is 0 Å². The van der Waals surface area contributed by atoms with Crippen LogP contribution in [-0.2, 0) is 4.74 Å². The molecule has 0 aromatic heterocycles. The average Bonchev–Trinajstić information content (AvgIpc) is 2.59. The Morgan fingerprint density at radius 1 is 0.923 bits per heavy atom. The summed E-state index contributed by atoms with van der Waals surface area (Å²) in [5.74, 6) is 0. The van der Waals surface area contributed by atoms with E-state index in [1.807, 2.05) is 0 Å². The molecule has 78 valence electrons. The van der Waals surface area contributed by atoms with E-state index in [2.05, 4.69) is 13.8 Å². The van der Waals surface area contributed by atoms with Crippen molar-refractivity contribution in [2.24, 2.45) is 0 Å². The first-order valence-corrected chi connectivity index (χ1v) is 6.02. The Labute approximate surface area is 82.9 Å². The summed E-state index contributed by atoms with van der Waals surface area (Å²) in [6.07, 6.45) is 11.7. The maximum atomic E-state index is 5.97. The second-order valence-electron chi connectivity index (χ2n) is 4.24. The van der Waals surface area contributed by atoms with E-state index in [-0.39, 0.29) is 0 Å². The Morgan fingerprint density at radius 2 is 1.38 bits per heavy atom. The van der Waals surface area contributed by atoms with Gasteiger partial charge in [0.2, 0.25) is 0 Å². The topological polar surface area (TPSA) is 9.23 Å². The Hall–Kier alpha value is -0.0400. The Bertz CT molecular complexity index is 108. The Kier molecular flexibility index (Phi) is 5.45. The molecule has 0 N–H and O–H groups in total. The van der Waals surface area contributed by atoms with Crippen molar-refractivity contribution in [3.8, 4) is 0 Å². The van der Waals surface area contributed by atoms with Gasteiger partial charge in [0.1, 0.15) is 0 Å². The molecule has 1 saturated heterocycles. The lowest BCUT2D eigenvalue weighted by Gasteiger charge is -2.12. The van der Waals surface area contributed by atoms with E-state index in [0.29, 0.717) is 12.2 Å². The summed E-state index contributed by atoms with van der Waals surface area (Å²) in [5.41, 5.74) is 0. The third-order valence-corrected chi connectivity index (χ3v) is 2.95. The fourth-order valence-corrected chi connectivity index (χ4v) is 2.07. The molecule has 1 nitrogen and oxygen atoms in total. The first-order valence-electron chi connectivity index (χ1n) is 6.02. The van der Waals surface area contributed by atoms with Crippen LogP contribution in [0.5, 0.6) is 0 Å². The van der Waals surface area contributed by atoms with Gasteiger partial charge in [-0.05, 0) is 25.7 Å². The molecule has 2 atom stereocenters. The number of rotatable bonds is 6. The van der Waals surface area contributed by atoms with Crippen molar-refractivity contribution in [2.45, 2.75) is 77.4 Å². The van der Waals surface area contributed by atoms with Gasteiger partial charge in [0.25, 0.3) is 0 Å². The lowest BCUT2D eigenvalue weighted by atomic mass is 10.1. The SMILES string of the molecule is CCCCC1CCC(CCCC)O1. The zero-order chi connectivity index (χ0) is 9.52. The highest BCUT2D eigenvalue weighted by atomic mass is 16.5. The van der Waals surface area contributed by atoms with Crippen molar-refractivity contribution >= 4 is 0 Å². The van der Waals surface area contributed by atoms with Gasteiger partial charge in [-0.3, -0.25) is 0 Å². The van der Waals surface area contributed by atoms with E-state index in [0.717, 1.165) is 0 Å². The van der Waals surface area contributed by atoms with Crippen LogP contribution in [0.15, 0.2) is 0 Å². The van der Waals surface area contributed by atoms with Gasteiger partial charge >= 0.3 is 0 Å². The molecular formula is C12H24O. The van der Waals surface area contributed by atoms with Crippen LogP contribution in [0.2, 0.25) is 0 Å². The molecule has 0 spiro atoms. The van der Waals surface area contributed by atoms with Crippen molar-refractivity contribution in [1.82, 2.24) is 0 Å². The van der Waals surface area contributed by atoms with Crippen molar-refractivity contribution in [3.63, 3.8) is 0 Å². The van der Waals surface area contributed by atoms with Gasteiger partial charge < -0.3 is 4.74 Å². The van der Waals surface area contributed by atoms with Crippen molar-refractivity contribution in [3.05, 3.63) is 0 Å². The van der Waals surface area contributed by atoms with Gasteiger partial charge in [0, 0.05) is 0 Å².